The molecule has 1 heterocycles. The Morgan fingerprint density at radius 3 is 2.45 bits per heavy atom. The molecule has 0 unspecified atom stereocenters. The minimum absolute atomic E-state index is 0.276. The van der Waals surface area contributed by atoms with Gasteiger partial charge in [0.25, 0.3) is 5.91 Å². The molecule has 2 atom stereocenters. The predicted octanol–water partition coefficient (Wildman–Crippen LogP) is 1.63. The van der Waals surface area contributed by atoms with Gasteiger partial charge >= 0.3 is 11.9 Å². The summed E-state index contributed by atoms with van der Waals surface area (Å²) in [6.45, 7) is 5.25. The SMILES string of the molecule is CCOC(=O)[C@@H](CCN[C@@H](C)C(=O)N(CC(=O)O)N1CCCC1)c1ccccc1. The van der Waals surface area contributed by atoms with Crippen LogP contribution >= 0.6 is 0 Å². The maximum absolute atomic E-state index is 12.8. The number of carbonyl (C=O) groups is 3. The van der Waals surface area contributed by atoms with Crippen LogP contribution < -0.4 is 5.32 Å². The molecule has 0 radical (unpaired) electrons. The summed E-state index contributed by atoms with van der Waals surface area (Å²) in [5.74, 6) is -2.02. The van der Waals surface area contributed by atoms with Crippen molar-refractivity contribution in [1.82, 2.24) is 15.3 Å². The van der Waals surface area contributed by atoms with Gasteiger partial charge in [-0.25, -0.2) is 5.01 Å². The van der Waals surface area contributed by atoms with E-state index in [1.54, 1.807) is 18.9 Å². The number of nitrogens with one attached hydrogen (secondary N) is 1. The number of esters is 1. The molecular weight excluding hydrogens is 374 g/mol. The first-order valence-corrected chi connectivity index (χ1v) is 10.2. The monoisotopic (exact) mass is 405 g/mol. The summed E-state index contributed by atoms with van der Waals surface area (Å²) in [5.41, 5.74) is 0.872. The molecule has 0 saturated carbocycles. The van der Waals surface area contributed by atoms with Crippen LogP contribution in [0, 0.1) is 0 Å². The topological polar surface area (TPSA) is 99.2 Å². The number of benzene rings is 1. The van der Waals surface area contributed by atoms with Crippen molar-refractivity contribution in [3.05, 3.63) is 35.9 Å². The van der Waals surface area contributed by atoms with E-state index in [2.05, 4.69) is 5.32 Å². The number of rotatable bonds is 11. The Morgan fingerprint density at radius 2 is 1.86 bits per heavy atom. The summed E-state index contributed by atoms with van der Waals surface area (Å²) in [4.78, 5) is 36.4. The molecule has 0 spiro atoms. The molecule has 29 heavy (non-hydrogen) atoms. The number of carboxylic acid groups (broad SMARTS) is 1. The van der Waals surface area contributed by atoms with Gasteiger partial charge in [0, 0.05) is 13.1 Å². The number of carbonyl (C=O) groups excluding carboxylic acids is 2. The molecule has 2 rings (SSSR count). The van der Waals surface area contributed by atoms with Crippen molar-refractivity contribution in [1.29, 1.82) is 0 Å². The molecule has 2 N–H and O–H groups in total. The lowest BCUT2D eigenvalue weighted by Gasteiger charge is -2.32. The van der Waals surface area contributed by atoms with E-state index in [-0.39, 0.29) is 18.4 Å². The first-order valence-electron chi connectivity index (χ1n) is 10.2. The highest BCUT2D eigenvalue weighted by Crippen LogP contribution is 2.21. The molecule has 8 heteroatoms. The first kappa shape index (κ1) is 22.8. The van der Waals surface area contributed by atoms with E-state index in [1.807, 2.05) is 30.3 Å². The summed E-state index contributed by atoms with van der Waals surface area (Å²) in [6.07, 6.45) is 2.37. The van der Waals surface area contributed by atoms with Crippen LogP contribution in [-0.4, -0.2) is 71.8 Å². The standard InChI is InChI=1S/C21H31N3O5/c1-3-29-21(28)18(17-9-5-4-6-10-17)11-12-22-16(2)20(27)24(15-19(25)26)23-13-7-8-14-23/h4-6,9-10,16,18,22H,3,7-8,11-15H2,1-2H3,(H,25,26)/t16-,18-/m0/s1. The van der Waals surface area contributed by atoms with Gasteiger partial charge in [-0.3, -0.25) is 19.4 Å². The Kier molecular flexibility index (Phi) is 9.08. The minimum atomic E-state index is -1.04. The fourth-order valence-corrected chi connectivity index (χ4v) is 3.49. The molecule has 1 aromatic carbocycles. The Bertz CT molecular complexity index is 676. The van der Waals surface area contributed by atoms with E-state index in [0.29, 0.717) is 32.7 Å². The number of aliphatic carboxylic acids is 1. The zero-order valence-corrected chi connectivity index (χ0v) is 17.2. The smallest absolute Gasteiger partial charge is 0.324 e. The lowest BCUT2D eigenvalue weighted by molar-refractivity contribution is -0.159. The second-order valence-corrected chi connectivity index (χ2v) is 7.13. The highest BCUT2D eigenvalue weighted by Gasteiger charge is 2.30. The molecule has 160 valence electrons. The Morgan fingerprint density at radius 1 is 1.21 bits per heavy atom. The normalized spacial score (nSPS) is 16.2. The lowest BCUT2D eigenvalue weighted by Crippen LogP contribution is -2.54. The molecule has 8 nitrogen and oxygen atoms in total. The van der Waals surface area contributed by atoms with Crippen molar-refractivity contribution in [2.75, 3.05) is 32.8 Å². The number of carboxylic acids is 1. The summed E-state index contributed by atoms with van der Waals surface area (Å²) in [7, 11) is 0. The number of hydrazine groups is 1. The summed E-state index contributed by atoms with van der Waals surface area (Å²) in [5, 5.41) is 15.4. The van der Waals surface area contributed by atoms with Crippen LogP contribution in [0.1, 0.15) is 44.6 Å². The van der Waals surface area contributed by atoms with Gasteiger partial charge in [-0.05, 0) is 45.2 Å². The van der Waals surface area contributed by atoms with Gasteiger partial charge < -0.3 is 15.2 Å². The van der Waals surface area contributed by atoms with Crippen LogP contribution in [0.25, 0.3) is 0 Å². The quantitative estimate of drug-likeness (QED) is 0.540. The molecule has 1 amide bonds. The molecule has 1 saturated heterocycles. The van der Waals surface area contributed by atoms with Crippen molar-refractivity contribution in [3.8, 4) is 0 Å². The van der Waals surface area contributed by atoms with E-state index in [0.717, 1.165) is 18.4 Å². The molecule has 1 fully saturated rings. The van der Waals surface area contributed by atoms with Crippen LogP contribution in [0.15, 0.2) is 30.3 Å². The zero-order valence-electron chi connectivity index (χ0n) is 17.2. The Labute approximate surface area is 171 Å². The molecule has 1 aromatic rings. The van der Waals surface area contributed by atoms with Crippen molar-refractivity contribution in [2.24, 2.45) is 0 Å². The summed E-state index contributed by atoms with van der Waals surface area (Å²) in [6, 6.07) is 8.85. The maximum atomic E-state index is 12.8. The zero-order chi connectivity index (χ0) is 21.2. The van der Waals surface area contributed by atoms with E-state index in [1.165, 1.54) is 5.01 Å². The van der Waals surface area contributed by atoms with E-state index in [4.69, 9.17) is 9.84 Å². The van der Waals surface area contributed by atoms with Crippen molar-refractivity contribution < 1.29 is 24.2 Å². The molecule has 0 aliphatic carbocycles. The predicted molar refractivity (Wildman–Crippen MR) is 108 cm³/mol. The van der Waals surface area contributed by atoms with Gasteiger partial charge in [0.2, 0.25) is 0 Å². The fourth-order valence-electron chi connectivity index (χ4n) is 3.49. The number of ether oxygens (including phenoxy) is 1. The van der Waals surface area contributed by atoms with Gasteiger partial charge in [0.1, 0.15) is 6.54 Å². The first-order chi connectivity index (χ1) is 13.9. The maximum Gasteiger partial charge on any atom is 0.324 e. The van der Waals surface area contributed by atoms with Gasteiger partial charge in [-0.1, -0.05) is 30.3 Å². The average molecular weight is 405 g/mol. The number of hydrogen-bond acceptors (Lipinski definition) is 6. The van der Waals surface area contributed by atoms with Crippen LogP contribution in [0.5, 0.6) is 0 Å². The number of amides is 1. The second-order valence-electron chi connectivity index (χ2n) is 7.13. The highest BCUT2D eigenvalue weighted by molar-refractivity contribution is 5.84. The number of nitrogens with zero attached hydrogens (tertiary/aromatic N) is 2. The number of hydrogen-bond donors (Lipinski definition) is 2. The molecule has 0 aromatic heterocycles. The van der Waals surface area contributed by atoms with Crippen LogP contribution in [0.2, 0.25) is 0 Å². The highest BCUT2D eigenvalue weighted by atomic mass is 16.5. The molecule has 1 aliphatic rings. The van der Waals surface area contributed by atoms with Gasteiger partial charge in [-0.2, -0.15) is 0 Å². The third-order valence-corrected chi connectivity index (χ3v) is 4.99. The lowest BCUT2D eigenvalue weighted by atomic mass is 9.95. The minimum Gasteiger partial charge on any atom is -0.480 e. The van der Waals surface area contributed by atoms with Crippen molar-refractivity contribution in [2.45, 2.75) is 45.1 Å². The van der Waals surface area contributed by atoms with Crippen LogP contribution in [0.4, 0.5) is 0 Å². The van der Waals surface area contributed by atoms with E-state index < -0.39 is 17.9 Å². The Balaban J connectivity index is 1.95. The van der Waals surface area contributed by atoms with Crippen molar-refractivity contribution >= 4 is 17.8 Å². The molecular formula is C21H31N3O5. The van der Waals surface area contributed by atoms with Crippen LogP contribution in [0.3, 0.4) is 0 Å². The second kappa shape index (κ2) is 11.5. The van der Waals surface area contributed by atoms with E-state index in [9.17, 15) is 14.4 Å². The fraction of sp³-hybridized carbons (Fsp3) is 0.571. The van der Waals surface area contributed by atoms with Gasteiger partial charge in [0.15, 0.2) is 0 Å². The molecule has 1 aliphatic heterocycles. The average Bonchev–Trinajstić information content (AvgIpc) is 3.24. The Hall–Kier alpha value is -2.45. The largest absolute Gasteiger partial charge is 0.480 e. The van der Waals surface area contributed by atoms with E-state index >= 15 is 0 Å². The summed E-state index contributed by atoms with van der Waals surface area (Å²) >= 11 is 0. The van der Waals surface area contributed by atoms with Crippen molar-refractivity contribution in [3.63, 3.8) is 0 Å². The van der Waals surface area contributed by atoms with Crippen LogP contribution in [-0.2, 0) is 19.1 Å². The third-order valence-electron chi connectivity index (χ3n) is 4.99. The summed E-state index contributed by atoms with van der Waals surface area (Å²) < 4.78 is 5.20. The van der Waals surface area contributed by atoms with Gasteiger partial charge in [0.05, 0.1) is 18.6 Å². The third kappa shape index (κ3) is 6.83. The van der Waals surface area contributed by atoms with Gasteiger partial charge in [-0.15, -0.1) is 0 Å². The molecule has 0 bridgehead atoms.